The number of amides is 3. The van der Waals surface area contributed by atoms with E-state index in [1.54, 1.807) is 13.8 Å². The van der Waals surface area contributed by atoms with Crippen molar-refractivity contribution >= 4 is 64.9 Å². The summed E-state index contributed by atoms with van der Waals surface area (Å²) in [6, 6.07) is -2.94. The second-order valence-electron chi connectivity index (χ2n) is 20.3. The van der Waals surface area contributed by atoms with Gasteiger partial charge in [0.25, 0.3) is 0 Å². The van der Waals surface area contributed by atoms with Crippen molar-refractivity contribution in [3.8, 4) is 0 Å². The maximum Gasteiger partial charge on any atom is 0.326 e. The molecule has 0 radical (unpaired) electrons. The third-order valence-electron chi connectivity index (χ3n) is 13.8. The van der Waals surface area contributed by atoms with Crippen molar-refractivity contribution < 1.29 is 78.3 Å². The SMILES string of the molecule is CC(C)C(=O)CC[C@H](CC(=O)CC[C@H](NC(=O)CC[C@H](CC(=O)CC[C@H](NC(=O)C1CCC(CNC(=O)CCCCCCCCCCCCCCCCCCC(=O)O)CC1)C(=O)O)C(=O)O)C(=O)O)C(=O)O. The molecular weight excluding hydrogens is 935 g/mol. The van der Waals surface area contributed by atoms with Crippen molar-refractivity contribution in [2.75, 3.05) is 6.54 Å². The molecule has 1 saturated carbocycles. The first kappa shape index (κ1) is 64.8. The molecule has 4 atom stereocenters. The van der Waals surface area contributed by atoms with Gasteiger partial charge in [0.2, 0.25) is 17.7 Å². The lowest BCUT2D eigenvalue weighted by Crippen LogP contribution is -2.45. The molecule has 1 aliphatic carbocycles. The number of nitrogens with one attached hydrogen (secondary N) is 3. The van der Waals surface area contributed by atoms with Gasteiger partial charge in [-0.15, -0.1) is 0 Å². The van der Waals surface area contributed by atoms with Crippen molar-refractivity contribution in [2.45, 2.75) is 231 Å². The van der Waals surface area contributed by atoms with Crippen LogP contribution < -0.4 is 16.0 Å². The molecule has 0 heterocycles. The maximum atomic E-state index is 13.1. The number of hydrogen-bond acceptors (Lipinski definition) is 11. The Labute approximate surface area is 425 Å². The van der Waals surface area contributed by atoms with E-state index >= 15 is 0 Å². The standard InChI is InChI=1S/C53H87N3O16/c1-36(2)45(59)31-25-39(50(65)66)33-41(57)27-29-43(52(69)70)55-47(61)32-26-40(51(67)68)34-42(58)28-30-44(53(71)72)56-49(64)38-23-21-37(22-24-38)35-54-46(60)19-17-15-13-11-9-7-5-3-4-6-8-10-12-14-16-18-20-48(62)63/h36-40,43-44H,3-35H2,1-2H3,(H,54,60)(H,55,61)(H,56,64)(H,62,63)(H,65,66)(H,67,68)(H,69,70)(H,71,72)/t37?,38?,39-,40-,43+,44+/m1/s1. The summed E-state index contributed by atoms with van der Waals surface area (Å²) in [6.45, 7) is 3.85. The van der Waals surface area contributed by atoms with Crippen LogP contribution in [0.2, 0.25) is 0 Å². The van der Waals surface area contributed by atoms with Gasteiger partial charge < -0.3 is 41.5 Å². The van der Waals surface area contributed by atoms with Gasteiger partial charge in [-0.1, -0.05) is 104 Å². The van der Waals surface area contributed by atoms with Gasteiger partial charge in [-0.05, 0) is 70.1 Å². The normalized spacial score (nSPS) is 16.2. The van der Waals surface area contributed by atoms with Crippen LogP contribution >= 0.6 is 0 Å². The minimum absolute atomic E-state index is 0.0129. The van der Waals surface area contributed by atoms with Crippen LogP contribution in [0.15, 0.2) is 0 Å². The van der Waals surface area contributed by atoms with Gasteiger partial charge in [-0.3, -0.25) is 43.2 Å². The van der Waals surface area contributed by atoms with E-state index in [1.165, 1.54) is 64.2 Å². The molecule has 0 spiro atoms. The highest BCUT2D eigenvalue weighted by Gasteiger charge is 2.31. The summed E-state index contributed by atoms with van der Waals surface area (Å²) in [5.74, 6) is -11.9. The van der Waals surface area contributed by atoms with Crippen LogP contribution in [0.1, 0.15) is 219 Å². The molecule has 0 aromatic carbocycles. The van der Waals surface area contributed by atoms with Crippen LogP contribution in [0.25, 0.3) is 0 Å². The molecule has 19 nitrogen and oxygen atoms in total. The number of aliphatic carboxylic acids is 5. The van der Waals surface area contributed by atoms with Gasteiger partial charge >= 0.3 is 29.8 Å². The fourth-order valence-electron chi connectivity index (χ4n) is 8.98. The predicted octanol–water partition coefficient (Wildman–Crippen LogP) is 7.82. The molecule has 3 amide bonds. The quantitative estimate of drug-likeness (QED) is 0.0269. The first-order valence-corrected chi connectivity index (χ1v) is 26.8. The monoisotopic (exact) mass is 1020 g/mol. The van der Waals surface area contributed by atoms with Gasteiger partial charge in [0.1, 0.15) is 29.4 Å². The van der Waals surface area contributed by atoms with E-state index in [9.17, 15) is 73.2 Å². The van der Waals surface area contributed by atoms with E-state index in [1.807, 2.05) is 0 Å². The van der Waals surface area contributed by atoms with Gasteiger partial charge in [0.15, 0.2) is 0 Å². The fraction of sp³-hybridized carbons (Fsp3) is 0.792. The Hall–Kier alpha value is -5.23. The summed E-state index contributed by atoms with van der Waals surface area (Å²) in [5.41, 5.74) is 0. The zero-order valence-corrected chi connectivity index (χ0v) is 43.1. The molecule has 0 aliphatic heterocycles. The molecule has 0 aromatic heterocycles. The van der Waals surface area contributed by atoms with Crippen molar-refractivity contribution in [1.29, 1.82) is 0 Å². The Morgan fingerprint density at radius 2 is 0.833 bits per heavy atom. The summed E-state index contributed by atoms with van der Waals surface area (Å²) in [6.07, 6.45) is 18.1. The smallest absolute Gasteiger partial charge is 0.326 e. The van der Waals surface area contributed by atoms with Crippen molar-refractivity contribution in [3.63, 3.8) is 0 Å². The van der Waals surface area contributed by atoms with Crippen molar-refractivity contribution in [1.82, 2.24) is 16.0 Å². The van der Waals surface area contributed by atoms with Crippen LogP contribution in [0.3, 0.4) is 0 Å². The molecule has 0 bridgehead atoms. The molecule has 0 saturated heterocycles. The Morgan fingerprint density at radius 3 is 1.24 bits per heavy atom. The number of carboxylic acid groups (broad SMARTS) is 5. The van der Waals surface area contributed by atoms with E-state index in [-0.39, 0.29) is 74.9 Å². The predicted molar refractivity (Wildman–Crippen MR) is 267 cm³/mol. The number of carboxylic acids is 5. The second-order valence-corrected chi connectivity index (χ2v) is 20.3. The summed E-state index contributed by atoms with van der Waals surface area (Å²) < 4.78 is 0. The molecule has 410 valence electrons. The lowest BCUT2D eigenvalue weighted by atomic mass is 9.81. The van der Waals surface area contributed by atoms with E-state index < -0.39 is 102 Å². The zero-order chi connectivity index (χ0) is 53.8. The molecule has 1 rings (SSSR count). The Kier molecular flexibility index (Phi) is 34.5. The zero-order valence-electron chi connectivity index (χ0n) is 43.1. The molecule has 0 unspecified atom stereocenters. The number of carbonyl (C=O) groups is 11. The minimum Gasteiger partial charge on any atom is -0.481 e. The van der Waals surface area contributed by atoms with E-state index in [0.29, 0.717) is 38.6 Å². The van der Waals surface area contributed by atoms with Crippen LogP contribution in [0, 0.1) is 29.6 Å². The van der Waals surface area contributed by atoms with Crippen LogP contribution in [-0.2, 0) is 52.7 Å². The third-order valence-corrected chi connectivity index (χ3v) is 13.8. The first-order chi connectivity index (χ1) is 34.2. The lowest BCUT2D eigenvalue weighted by Gasteiger charge is -2.28. The summed E-state index contributed by atoms with van der Waals surface area (Å²) in [7, 11) is 0. The summed E-state index contributed by atoms with van der Waals surface area (Å²) >= 11 is 0. The lowest BCUT2D eigenvalue weighted by molar-refractivity contribution is -0.145. The molecule has 72 heavy (non-hydrogen) atoms. The van der Waals surface area contributed by atoms with Crippen molar-refractivity contribution in [2.24, 2.45) is 29.6 Å². The molecule has 1 aliphatic rings. The average molecular weight is 1020 g/mol. The van der Waals surface area contributed by atoms with Gasteiger partial charge in [0, 0.05) is 69.7 Å². The largest absolute Gasteiger partial charge is 0.481 e. The molecule has 8 N–H and O–H groups in total. The Morgan fingerprint density at radius 1 is 0.431 bits per heavy atom. The number of rotatable bonds is 45. The van der Waals surface area contributed by atoms with Crippen LogP contribution in [0.4, 0.5) is 0 Å². The number of unbranched alkanes of at least 4 members (excludes halogenated alkanes) is 15. The molecular formula is C53H87N3O16. The highest BCUT2D eigenvalue weighted by molar-refractivity contribution is 5.89. The van der Waals surface area contributed by atoms with E-state index in [2.05, 4.69) is 16.0 Å². The highest BCUT2D eigenvalue weighted by atomic mass is 16.4. The van der Waals surface area contributed by atoms with Crippen LogP contribution in [0.5, 0.6) is 0 Å². The van der Waals surface area contributed by atoms with Crippen LogP contribution in [-0.4, -0.2) is 109 Å². The van der Waals surface area contributed by atoms with Gasteiger partial charge in [-0.2, -0.15) is 0 Å². The summed E-state index contributed by atoms with van der Waals surface area (Å²) in [4.78, 5) is 133. The highest BCUT2D eigenvalue weighted by Crippen LogP contribution is 2.29. The summed E-state index contributed by atoms with van der Waals surface area (Å²) in [5, 5.41) is 55.1. The number of ketones is 3. The second kappa shape index (κ2) is 38.4. The van der Waals surface area contributed by atoms with Crippen molar-refractivity contribution in [3.05, 3.63) is 0 Å². The Balaban J connectivity index is 2.32. The maximum absolute atomic E-state index is 13.1. The number of Topliss-reactive ketones (excluding diaryl/α,β-unsaturated/α-hetero) is 3. The van der Waals surface area contributed by atoms with Gasteiger partial charge in [-0.25, -0.2) is 9.59 Å². The van der Waals surface area contributed by atoms with E-state index in [4.69, 9.17) is 5.11 Å². The average Bonchev–Trinajstić information content (AvgIpc) is 3.32. The fourth-order valence-corrected chi connectivity index (χ4v) is 8.98. The molecule has 0 aromatic rings. The number of hydrogen-bond donors (Lipinski definition) is 8. The molecule has 1 fully saturated rings. The van der Waals surface area contributed by atoms with E-state index in [0.717, 1.165) is 38.5 Å². The first-order valence-electron chi connectivity index (χ1n) is 26.8. The minimum atomic E-state index is -1.54. The molecule has 19 heteroatoms. The topological polar surface area (TPSA) is 325 Å². The number of carbonyl (C=O) groups excluding carboxylic acids is 6. The van der Waals surface area contributed by atoms with Gasteiger partial charge in [0.05, 0.1) is 11.8 Å². The Bertz CT molecular complexity index is 1730. The third kappa shape index (κ3) is 32.0.